The van der Waals surface area contributed by atoms with Crippen LogP contribution in [0.5, 0.6) is 0 Å². The van der Waals surface area contributed by atoms with E-state index in [1.54, 1.807) is 0 Å². The van der Waals surface area contributed by atoms with Crippen LogP contribution in [0.4, 0.5) is 0 Å². The average molecular weight is 308 g/mol. The van der Waals surface area contributed by atoms with E-state index < -0.39 is 17.3 Å². The van der Waals surface area contributed by atoms with Crippen LogP contribution >= 0.6 is 0 Å². The quantitative estimate of drug-likeness (QED) is 0.783. The number of fused-ring (bicyclic) bond motifs is 1. The largest absolute Gasteiger partial charge is 0.481 e. The molecule has 2 aliphatic rings. The lowest BCUT2D eigenvalue weighted by atomic mass is 9.49. The van der Waals surface area contributed by atoms with Gasteiger partial charge < -0.3 is 10.2 Å². The molecule has 22 heavy (non-hydrogen) atoms. The van der Waals surface area contributed by atoms with Gasteiger partial charge in [-0.3, -0.25) is 9.59 Å². The van der Waals surface area contributed by atoms with Crippen molar-refractivity contribution in [3.8, 4) is 0 Å². The SMILES string of the molecule is CC1=CC2CC(C)CC(C)C2C(C)(C(=O)CCO)C1C(=O)O. The summed E-state index contributed by atoms with van der Waals surface area (Å²) >= 11 is 0. The molecule has 0 bridgehead atoms. The number of carbonyl (C=O) groups excluding carboxylic acids is 1. The Kier molecular flexibility index (Phi) is 4.81. The van der Waals surface area contributed by atoms with Crippen LogP contribution in [0.3, 0.4) is 0 Å². The molecule has 0 aliphatic heterocycles. The molecule has 1 saturated carbocycles. The van der Waals surface area contributed by atoms with Gasteiger partial charge in [-0.1, -0.05) is 32.4 Å². The van der Waals surface area contributed by atoms with Crippen LogP contribution in [0, 0.1) is 35.0 Å². The maximum absolute atomic E-state index is 12.8. The highest BCUT2D eigenvalue weighted by Crippen LogP contribution is 2.56. The lowest BCUT2D eigenvalue weighted by Gasteiger charge is -2.53. The van der Waals surface area contributed by atoms with Gasteiger partial charge in [-0.2, -0.15) is 0 Å². The van der Waals surface area contributed by atoms with Gasteiger partial charge in [0.2, 0.25) is 0 Å². The average Bonchev–Trinajstić information content (AvgIpc) is 2.36. The standard InChI is InChI=1S/C18H28O4/c1-10-7-11(2)15-13(8-10)9-12(3)16(17(21)22)18(15,4)14(20)5-6-19/h9-11,13,15-16,19H,5-8H2,1-4H3,(H,21,22). The fraction of sp³-hybridized carbons (Fsp3) is 0.778. The normalized spacial score (nSPS) is 41.5. The van der Waals surface area contributed by atoms with E-state index in [2.05, 4.69) is 19.9 Å². The molecule has 4 nitrogen and oxygen atoms in total. The third kappa shape index (κ3) is 2.62. The molecular formula is C18H28O4. The summed E-state index contributed by atoms with van der Waals surface area (Å²) in [4.78, 5) is 24.7. The highest BCUT2D eigenvalue weighted by Gasteiger charge is 2.57. The van der Waals surface area contributed by atoms with Gasteiger partial charge in [0, 0.05) is 18.4 Å². The Hall–Kier alpha value is -1.16. The Bertz CT molecular complexity index is 495. The molecular weight excluding hydrogens is 280 g/mol. The minimum atomic E-state index is -0.924. The summed E-state index contributed by atoms with van der Waals surface area (Å²) in [7, 11) is 0. The monoisotopic (exact) mass is 308 g/mol. The third-order valence-electron chi connectivity index (χ3n) is 5.93. The Morgan fingerprint density at radius 2 is 1.95 bits per heavy atom. The molecule has 0 radical (unpaired) electrons. The Balaban J connectivity index is 2.55. The maximum Gasteiger partial charge on any atom is 0.311 e. The third-order valence-corrected chi connectivity index (χ3v) is 5.93. The lowest BCUT2D eigenvalue weighted by Crippen LogP contribution is -2.54. The van der Waals surface area contributed by atoms with Crippen LogP contribution in [-0.4, -0.2) is 28.6 Å². The number of ketones is 1. The zero-order valence-corrected chi connectivity index (χ0v) is 14.0. The van der Waals surface area contributed by atoms with Gasteiger partial charge in [-0.05, 0) is 43.4 Å². The van der Waals surface area contributed by atoms with E-state index in [-0.39, 0.29) is 30.6 Å². The summed E-state index contributed by atoms with van der Waals surface area (Å²) in [6.45, 7) is 7.82. The van der Waals surface area contributed by atoms with Gasteiger partial charge in [0.15, 0.2) is 0 Å². The van der Waals surface area contributed by atoms with Gasteiger partial charge in [0.1, 0.15) is 5.78 Å². The van der Waals surface area contributed by atoms with Crippen molar-refractivity contribution in [2.75, 3.05) is 6.61 Å². The van der Waals surface area contributed by atoms with E-state index in [1.165, 1.54) is 0 Å². The fourth-order valence-corrected chi connectivity index (χ4v) is 5.39. The first-order valence-electron chi connectivity index (χ1n) is 8.28. The van der Waals surface area contributed by atoms with Crippen LogP contribution in [0.15, 0.2) is 11.6 Å². The van der Waals surface area contributed by atoms with Crippen molar-refractivity contribution in [1.29, 1.82) is 0 Å². The molecule has 1 fully saturated rings. The van der Waals surface area contributed by atoms with Crippen LogP contribution in [0.1, 0.15) is 47.0 Å². The zero-order valence-electron chi connectivity index (χ0n) is 14.0. The number of carboxylic acid groups (broad SMARTS) is 1. The van der Waals surface area contributed by atoms with E-state index in [1.807, 2.05) is 13.8 Å². The zero-order chi connectivity index (χ0) is 16.7. The number of Topliss-reactive ketones (excluding diaryl/α,β-unsaturated/α-hetero) is 1. The molecule has 0 aromatic rings. The molecule has 0 spiro atoms. The minimum absolute atomic E-state index is 0.0407. The number of allylic oxidation sites excluding steroid dienone is 1. The summed E-state index contributed by atoms with van der Waals surface area (Å²) in [6, 6.07) is 0. The smallest absolute Gasteiger partial charge is 0.311 e. The highest BCUT2D eigenvalue weighted by molar-refractivity contribution is 5.92. The highest BCUT2D eigenvalue weighted by atomic mass is 16.4. The number of carbonyl (C=O) groups is 2. The number of hydrogen-bond donors (Lipinski definition) is 2. The molecule has 0 saturated heterocycles. The van der Waals surface area contributed by atoms with E-state index in [4.69, 9.17) is 0 Å². The van der Waals surface area contributed by atoms with E-state index in [9.17, 15) is 19.8 Å². The molecule has 2 rings (SSSR count). The first kappa shape index (κ1) is 17.2. The van der Waals surface area contributed by atoms with Crippen molar-refractivity contribution in [3.63, 3.8) is 0 Å². The summed E-state index contributed by atoms with van der Waals surface area (Å²) in [5.41, 5.74) is -0.124. The first-order valence-corrected chi connectivity index (χ1v) is 8.28. The van der Waals surface area contributed by atoms with Crippen molar-refractivity contribution in [2.24, 2.45) is 35.0 Å². The van der Waals surface area contributed by atoms with Gasteiger partial charge in [0.25, 0.3) is 0 Å². The number of hydrogen-bond acceptors (Lipinski definition) is 3. The van der Waals surface area contributed by atoms with E-state index in [0.29, 0.717) is 11.8 Å². The van der Waals surface area contributed by atoms with Crippen LogP contribution in [0.2, 0.25) is 0 Å². The van der Waals surface area contributed by atoms with Crippen molar-refractivity contribution in [3.05, 3.63) is 11.6 Å². The van der Waals surface area contributed by atoms with Crippen LogP contribution in [0.25, 0.3) is 0 Å². The topological polar surface area (TPSA) is 74.6 Å². The molecule has 2 N–H and O–H groups in total. The molecule has 4 heteroatoms. The first-order chi connectivity index (χ1) is 10.2. The molecule has 6 atom stereocenters. The summed E-state index contributed by atoms with van der Waals surface area (Å²) in [6.07, 6.45) is 4.19. The van der Waals surface area contributed by atoms with Crippen LogP contribution in [-0.2, 0) is 9.59 Å². The van der Waals surface area contributed by atoms with E-state index in [0.717, 1.165) is 18.4 Å². The molecule has 6 unspecified atom stereocenters. The number of aliphatic hydroxyl groups excluding tert-OH is 1. The fourth-order valence-electron chi connectivity index (χ4n) is 5.39. The molecule has 2 aliphatic carbocycles. The van der Waals surface area contributed by atoms with Gasteiger partial charge in [0.05, 0.1) is 5.92 Å². The number of carboxylic acids is 1. The molecule has 0 aromatic carbocycles. The number of aliphatic carboxylic acids is 1. The second-order valence-corrected chi connectivity index (χ2v) is 7.60. The predicted molar refractivity (Wildman–Crippen MR) is 84.2 cm³/mol. The lowest BCUT2D eigenvalue weighted by molar-refractivity contribution is -0.158. The van der Waals surface area contributed by atoms with Gasteiger partial charge in [-0.25, -0.2) is 0 Å². The summed E-state index contributed by atoms with van der Waals surface area (Å²) in [5, 5.41) is 18.9. The van der Waals surface area contributed by atoms with Crippen LogP contribution < -0.4 is 0 Å². The molecule has 0 aromatic heterocycles. The Morgan fingerprint density at radius 3 is 2.50 bits per heavy atom. The van der Waals surface area contributed by atoms with E-state index >= 15 is 0 Å². The molecule has 0 amide bonds. The van der Waals surface area contributed by atoms with Crippen molar-refractivity contribution in [1.82, 2.24) is 0 Å². The molecule has 124 valence electrons. The molecule has 0 heterocycles. The Morgan fingerprint density at radius 1 is 1.32 bits per heavy atom. The predicted octanol–water partition coefficient (Wildman–Crippen LogP) is 2.90. The summed E-state index contributed by atoms with van der Waals surface area (Å²) < 4.78 is 0. The summed E-state index contributed by atoms with van der Waals surface area (Å²) in [5.74, 6) is -0.581. The second-order valence-electron chi connectivity index (χ2n) is 7.60. The van der Waals surface area contributed by atoms with Crippen molar-refractivity contribution < 1.29 is 19.8 Å². The number of rotatable bonds is 4. The van der Waals surface area contributed by atoms with Crippen molar-refractivity contribution >= 4 is 11.8 Å². The van der Waals surface area contributed by atoms with Gasteiger partial charge in [-0.15, -0.1) is 0 Å². The Labute approximate surface area is 132 Å². The van der Waals surface area contributed by atoms with Gasteiger partial charge >= 0.3 is 5.97 Å². The number of aliphatic hydroxyl groups is 1. The maximum atomic E-state index is 12.8. The minimum Gasteiger partial charge on any atom is -0.481 e. The second kappa shape index (κ2) is 6.15. The van der Waals surface area contributed by atoms with Crippen molar-refractivity contribution in [2.45, 2.75) is 47.0 Å².